The number of aromatic nitrogens is 2. The van der Waals surface area contributed by atoms with Crippen LogP contribution < -0.4 is 9.80 Å². The molecule has 3 aliphatic heterocycles. The van der Waals surface area contributed by atoms with E-state index in [0.29, 0.717) is 4.90 Å². The van der Waals surface area contributed by atoms with Crippen molar-refractivity contribution in [1.29, 1.82) is 0 Å². The van der Waals surface area contributed by atoms with E-state index in [4.69, 9.17) is 4.84 Å². The van der Waals surface area contributed by atoms with Crippen LogP contribution in [0.2, 0.25) is 0 Å². The molecule has 5 rings (SSSR count). The molecule has 33 heavy (non-hydrogen) atoms. The van der Waals surface area contributed by atoms with Gasteiger partial charge in [-0.3, -0.25) is 4.84 Å². The van der Waals surface area contributed by atoms with Gasteiger partial charge >= 0.3 is 0 Å². The van der Waals surface area contributed by atoms with Gasteiger partial charge < -0.3 is 9.80 Å². The fraction of sp³-hybridized carbons (Fsp3) is 0.478. The lowest BCUT2D eigenvalue weighted by Gasteiger charge is -2.33. The Balaban J connectivity index is 1.18. The molecule has 0 N–H and O–H groups in total. The van der Waals surface area contributed by atoms with Gasteiger partial charge in [-0.05, 0) is 67.0 Å². The van der Waals surface area contributed by atoms with Crippen LogP contribution in [-0.4, -0.2) is 60.6 Å². The minimum absolute atomic E-state index is 0.169. The van der Waals surface area contributed by atoms with Gasteiger partial charge in [-0.1, -0.05) is 6.92 Å². The number of anilines is 2. The predicted octanol–water partition coefficient (Wildman–Crippen LogP) is 3.21. The maximum atomic E-state index is 11.9. The van der Waals surface area contributed by atoms with Crippen LogP contribution in [0.25, 0.3) is 0 Å². The number of benzene rings is 1. The highest BCUT2D eigenvalue weighted by Crippen LogP contribution is 2.37. The quantitative estimate of drug-likeness (QED) is 0.571. The Morgan fingerprint density at radius 1 is 1.15 bits per heavy atom. The molecule has 176 valence electrons. The zero-order chi connectivity index (χ0) is 23.0. The molecule has 0 bridgehead atoms. The summed E-state index contributed by atoms with van der Waals surface area (Å²) in [5, 5.41) is 0. The highest BCUT2D eigenvalue weighted by atomic mass is 32.2. The van der Waals surface area contributed by atoms with E-state index in [-0.39, 0.29) is 6.10 Å². The summed E-state index contributed by atoms with van der Waals surface area (Å²) in [5.41, 5.74) is 4.53. The van der Waals surface area contributed by atoms with E-state index in [1.165, 1.54) is 12.0 Å². The molecule has 0 unspecified atom stereocenters. The van der Waals surface area contributed by atoms with Gasteiger partial charge in [0.1, 0.15) is 0 Å². The van der Waals surface area contributed by atoms with Crippen molar-refractivity contribution < 1.29 is 13.3 Å². The Labute approximate surface area is 199 Å². The molecule has 0 spiro atoms. The van der Waals surface area contributed by atoms with Gasteiger partial charge in [-0.15, -0.1) is 0 Å². The molecule has 8 nitrogen and oxygen atoms in total. The Kier molecular flexibility index (Phi) is 6.24. The molecule has 1 saturated heterocycles. The van der Waals surface area contributed by atoms with Gasteiger partial charge in [0.2, 0.25) is 5.95 Å². The van der Waals surface area contributed by atoms with E-state index >= 15 is 0 Å². The molecule has 1 fully saturated rings. The summed E-state index contributed by atoms with van der Waals surface area (Å²) in [4.78, 5) is 20.2. The van der Waals surface area contributed by atoms with E-state index in [1.54, 1.807) is 18.0 Å². The van der Waals surface area contributed by atoms with Crippen molar-refractivity contribution in [2.24, 2.45) is 0 Å². The molecule has 0 aliphatic carbocycles. The van der Waals surface area contributed by atoms with Gasteiger partial charge in [-0.25, -0.2) is 22.9 Å². The van der Waals surface area contributed by atoms with Gasteiger partial charge in [0.25, 0.3) is 0 Å². The fourth-order valence-corrected chi connectivity index (χ4v) is 5.98. The van der Waals surface area contributed by atoms with Crippen LogP contribution in [0.1, 0.15) is 30.9 Å². The van der Waals surface area contributed by atoms with Crippen LogP contribution in [0.15, 0.2) is 47.4 Å². The number of hydrogen-bond donors (Lipinski definition) is 0. The van der Waals surface area contributed by atoms with Crippen molar-refractivity contribution in [1.82, 2.24) is 14.4 Å². The molecule has 0 amide bonds. The average molecular weight is 488 g/mol. The average Bonchev–Trinajstić information content (AvgIpc) is 3.45. The molecule has 4 heterocycles. The van der Waals surface area contributed by atoms with Gasteiger partial charge in [0.05, 0.1) is 23.0 Å². The first-order valence-electron chi connectivity index (χ1n) is 11.4. The second kappa shape index (κ2) is 9.15. The summed E-state index contributed by atoms with van der Waals surface area (Å²) >= 11 is 1.66. The fourth-order valence-electron chi connectivity index (χ4n) is 4.44. The number of nitrogens with zero attached hydrogens (tertiary/aromatic N) is 5. The van der Waals surface area contributed by atoms with Crippen LogP contribution in [0, 0.1) is 0 Å². The Bertz CT molecular complexity index is 1150. The molecule has 0 atom stereocenters. The largest absolute Gasteiger partial charge is 0.342 e. The van der Waals surface area contributed by atoms with E-state index in [1.807, 2.05) is 29.0 Å². The molecule has 0 saturated carbocycles. The van der Waals surface area contributed by atoms with Gasteiger partial charge in [-0.2, -0.15) is 0 Å². The number of hydrogen-bond acceptors (Lipinski definition) is 9. The molecule has 1 aromatic heterocycles. The lowest BCUT2D eigenvalue weighted by molar-refractivity contribution is -0.101. The SMILES string of the molecule is CCc1cnc(N2CCC(ON3C=C(N4CCc5cc(S(C)(=O)=O)ccc54)CS3)CC2)nc1. The zero-order valence-corrected chi connectivity index (χ0v) is 20.6. The topological polar surface area (TPSA) is 78.9 Å². The maximum Gasteiger partial charge on any atom is 0.225 e. The van der Waals surface area contributed by atoms with Crippen LogP contribution in [-0.2, 0) is 27.5 Å². The Hall–Kier alpha value is -2.30. The summed E-state index contributed by atoms with van der Waals surface area (Å²) < 4.78 is 25.6. The third-order valence-corrected chi connectivity index (χ3v) is 8.37. The molecule has 0 radical (unpaired) electrons. The van der Waals surface area contributed by atoms with E-state index in [9.17, 15) is 8.42 Å². The molecule has 3 aliphatic rings. The van der Waals surface area contributed by atoms with Crippen molar-refractivity contribution >= 4 is 33.4 Å². The Morgan fingerprint density at radius 2 is 1.91 bits per heavy atom. The summed E-state index contributed by atoms with van der Waals surface area (Å²) in [5.74, 6) is 1.64. The third kappa shape index (κ3) is 4.83. The summed E-state index contributed by atoms with van der Waals surface area (Å²) in [6, 6.07) is 5.45. The molecule has 1 aromatic carbocycles. The third-order valence-electron chi connectivity index (χ3n) is 6.39. The second-order valence-corrected chi connectivity index (χ2v) is 11.6. The highest BCUT2D eigenvalue weighted by molar-refractivity contribution is 7.97. The smallest absolute Gasteiger partial charge is 0.225 e. The number of hydroxylamine groups is 1. The van der Waals surface area contributed by atoms with Crippen LogP contribution in [0.3, 0.4) is 0 Å². The normalized spacial score (nSPS) is 19.2. The number of rotatable bonds is 6. The van der Waals surface area contributed by atoms with Crippen molar-refractivity contribution in [2.75, 3.05) is 41.4 Å². The maximum absolute atomic E-state index is 11.9. The highest BCUT2D eigenvalue weighted by Gasteiger charge is 2.29. The van der Waals surface area contributed by atoms with Crippen molar-refractivity contribution in [3.8, 4) is 0 Å². The van der Waals surface area contributed by atoms with E-state index in [0.717, 1.165) is 73.8 Å². The van der Waals surface area contributed by atoms with Crippen molar-refractivity contribution in [2.45, 2.75) is 43.6 Å². The monoisotopic (exact) mass is 487 g/mol. The van der Waals surface area contributed by atoms with Crippen molar-refractivity contribution in [3.05, 3.63) is 53.6 Å². The number of sulfone groups is 1. The second-order valence-electron chi connectivity index (χ2n) is 8.68. The van der Waals surface area contributed by atoms with Crippen LogP contribution in [0.5, 0.6) is 0 Å². The molecule has 2 aromatic rings. The number of piperidine rings is 1. The van der Waals surface area contributed by atoms with Crippen LogP contribution in [0.4, 0.5) is 11.6 Å². The van der Waals surface area contributed by atoms with Gasteiger partial charge in [0.15, 0.2) is 9.84 Å². The van der Waals surface area contributed by atoms with Crippen LogP contribution >= 0.6 is 11.9 Å². The summed E-state index contributed by atoms with van der Waals surface area (Å²) in [6.45, 7) is 4.73. The summed E-state index contributed by atoms with van der Waals surface area (Å²) in [6.07, 6.45) is 11.0. The van der Waals surface area contributed by atoms with E-state index in [2.05, 4.69) is 32.9 Å². The van der Waals surface area contributed by atoms with E-state index < -0.39 is 9.84 Å². The first-order chi connectivity index (χ1) is 15.9. The lowest BCUT2D eigenvalue weighted by Crippen LogP contribution is -2.39. The zero-order valence-electron chi connectivity index (χ0n) is 19.0. The lowest BCUT2D eigenvalue weighted by atomic mass is 10.1. The van der Waals surface area contributed by atoms with Gasteiger partial charge in [0, 0.05) is 49.7 Å². The number of aryl methyl sites for hydroxylation is 1. The standard InChI is InChI=1S/C23H29N5O3S2/c1-3-17-13-24-23(25-14-17)26-9-7-20(8-10-26)31-28-15-19(16-32-28)27-11-6-18-12-21(33(2,29)30)4-5-22(18)27/h4-5,12-15,20H,3,6-11,16H2,1-2H3. The van der Waals surface area contributed by atoms with Crippen molar-refractivity contribution in [3.63, 3.8) is 0 Å². The summed E-state index contributed by atoms with van der Waals surface area (Å²) in [7, 11) is -3.19. The molecule has 10 heteroatoms. The minimum atomic E-state index is -3.19. The minimum Gasteiger partial charge on any atom is -0.342 e. The first kappa shape index (κ1) is 22.5. The predicted molar refractivity (Wildman–Crippen MR) is 131 cm³/mol. The first-order valence-corrected chi connectivity index (χ1v) is 14.2. The molecular formula is C23H29N5O3S2. The Morgan fingerprint density at radius 3 is 2.61 bits per heavy atom. The molecular weight excluding hydrogens is 458 g/mol. The number of fused-ring (bicyclic) bond motifs is 1.